The van der Waals surface area contributed by atoms with Crippen molar-refractivity contribution in [3.05, 3.63) is 0 Å². The van der Waals surface area contributed by atoms with Crippen LogP contribution < -0.4 is 0 Å². The average molecular weight is 252 g/mol. The third kappa shape index (κ3) is 4.06. The van der Waals surface area contributed by atoms with Crippen molar-refractivity contribution in [2.24, 2.45) is 5.92 Å². The molecule has 2 aliphatic rings. The Morgan fingerprint density at radius 3 is 2.50 bits per heavy atom. The Balaban J connectivity index is 1.75. The Morgan fingerprint density at radius 1 is 1.06 bits per heavy atom. The summed E-state index contributed by atoms with van der Waals surface area (Å²) in [6.45, 7) is 3.27. The summed E-state index contributed by atoms with van der Waals surface area (Å²) >= 11 is 0. The van der Waals surface area contributed by atoms with Crippen LogP contribution in [0.4, 0.5) is 0 Å². The van der Waals surface area contributed by atoms with Crippen LogP contribution in [0.2, 0.25) is 0 Å². The van der Waals surface area contributed by atoms with Crippen molar-refractivity contribution in [3.63, 3.8) is 0 Å². The van der Waals surface area contributed by atoms with Crippen molar-refractivity contribution >= 4 is 5.78 Å². The Bertz CT molecular complexity index is 274. The highest BCUT2D eigenvalue weighted by atomic mass is 16.1. The zero-order chi connectivity index (χ0) is 13.0. The summed E-state index contributed by atoms with van der Waals surface area (Å²) in [5, 5.41) is 0. The Kier molecular flexibility index (Phi) is 5.19. The largest absolute Gasteiger partial charge is 0.304 e. The molecule has 2 fully saturated rings. The van der Waals surface area contributed by atoms with Gasteiger partial charge in [0, 0.05) is 38.5 Å². The van der Waals surface area contributed by atoms with E-state index in [4.69, 9.17) is 0 Å². The maximum Gasteiger partial charge on any atom is 0.134 e. The second kappa shape index (κ2) is 6.67. The molecule has 1 saturated heterocycles. The third-order valence-electron chi connectivity index (χ3n) is 4.68. The molecule has 0 aromatic heterocycles. The number of nitrogens with zero attached hydrogens (tertiary/aromatic N) is 2. The van der Waals surface area contributed by atoms with Gasteiger partial charge in [0.1, 0.15) is 5.78 Å². The fourth-order valence-corrected chi connectivity index (χ4v) is 3.38. The molecule has 1 aliphatic carbocycles. The van der Waals surface area contributed by atoms with Gasteiger partial charge in [0.2, 0.25) is 0 Å². The van der Waals surface area contributed by atoms with Crippen molar-refractivity contribution < 1.29 is 4.79 Å². The molecule has 104 valence electrons. The highest BCUT2D eigenvalue weighted by Crippen LogP contribution is 2.27. The monoisotopic (exact) mass is 252 g/mol. The van der Waals surface area contributed by atoms with Gasteiger partial charge in [-0.2, -0.15) is 0 Å². The minimum absolute atomic E-state index is 0.444. The number of hydrogen-bond acceptors (Lipinski definition) is 3. The van der Waals surface area contributed by atoms with Crippen LogP contribution in [0, 0.1) is 5.92 Å². The lowest BCUT2D eigenvalue weighted by Gasteiger charge is -2.37. The average Bonchev–Trinajstić information content (AvgIpc) is 2.35. The summed E-state index contributed by atoms with van der Waals surface area (Å²) in [7, 11) is 4.32. The second-order valence-corrected chi connectivity index (χ2v) is 6.35. The Labute approximate surface area is 112 Å². The zero-order valence-electron chi connectivity index (χ0n) is 12.0. The van der Waals surface area contributed by atoms with Gasteiger partial charge in [0.15, 0.2) is 0 Å². The van der Waals surface area contributed by atoms with Crippen molar-refractivity contribution in [2.45, 2.75) is 51.0 Å². The van der Waals surface area contributed by atoms with Gasteiger partial charge in [-0.15, -0.1) is 0 Å². The number of rotatable bonds is 4. The van der Waals surface area contributed by atoms with E-state index >= 15 is 0 Å². The Hall–Kier alpha value is -0.410. The van der Waals surface area contributed by atoms with Gasteiger partial charge < -0.3 is 9.80 Å². The predicted octanol–water partition coefficient (Wildman–Crippen LogP) is 2.16. The number of Topliss-reactive ketones (excluding diaryl/α,β-unsaturated/α-hetero) is 1. The van der Waals surface area contributed by atoms with E-state index in [2.05, 4.69) is 23.9 Å². The van der Waals surface area contributed by atoms with Crippen LogP contribution >= 0.6 is 0 Å². The molecular formula is C15H28N2O. The number of hydrogen-bond donors (Lipinski definition) is 0. The van der Waals surface area contributed by atoms with Crippen LogP contribution in [0.25, 0.3) is 0 Å². The molecule has 3 heteroatoms. The minimum atomic E-state index is 0.444. The van der Waals surface area contributed by atoms with Gasteiger partial charge in [-0.1, -0.05) is 32.1 Å². The predicted molar refractivity (Wildman–Crippen MR) is 74.7 cm³/mol. The van der Waals surface area contributed by atoms with E-state index in [1.165, 1.54) is 32.1 Å². The Morgan fingerprint density at radius 2 is 1.78 bits per heavy atom. The molecule has 0 bridgehead atoms. The van der Waals surface area contributed by atoms with Crippen LogP contribution in [-0.2, 0) is 4.79 Å². The van der Waals surface area contributed by atoms with Crippen molar-refractivity contribution in [1.29, 1.82) is 0 Å². The van der Waals surface area contributed by atoms with Gasteiger partial charge >= 0.3 is 0 Å². The molecule has 1 unspecified atom stereocenters. The van der Waals surface area contributed by atoms with Crippen molar-refractivity contribution in [3.8, 4) is 0 Å². The lowest BCUT2D eigenvalue weighted by molar-refractivity contribution is -0.121. The minimum Gasteiger partial charge on any atom is -0.304 e. The fraction of sp³-hybridized carbons (Fsp3) is 0.933. The van der Waals surface area contributed by atoms with Crippen molar-refractivity contribution in [1.82, 2.24) is 9.80 Å². The molecular weight excluding hydrogens is 224 g/mol. The normalized spacial score (nSPS) is 28.4. The third-order valence-corrected chi connectivity index (χ3v) is 4.68. The smallest absolute Gasteiger partial charge is 0.134 e. The van der Waals surface area contributed by atoms with Gasteiger partial charge in [-0.25, -0.2) is 0 Å². The van der Waals surface area contributed by atoms with Crippen LogP contribution in [-0.4, -0.2) is 55.4 Å². The van der Waals surface area contributed by atoms with Gasteiger partial charge in [-0.05, 0) is 20.0 Å². The summed E-state index contributed by atoms with van der Waals surface area (Å²) in [6, 6.07) is 0.444. The van der Waals surface area contributed by atoms with E-state index in [1.54, 1.807) is 0 Å². The van der Waals surface area contributed by atoms with Gasteiger partial charge in [0.25, 0.3) is 0 Å². The topological polar surface area (TPSA) is 23.6 Å². The van der Waals surface area contributed by atoms with Crippen LogP contribution in [0.5, 0.6) is 0 Å². The van der Waals surface area contributed by atoms with Crippen molar-refractivity contribution in [2.75, 3.05) is 33.7 Å². The van der Waals surface area contributed by atoms with E-state index in [0.717, 1.165) is 32.5 Å². The standard InChI is InChI=1S/C15H28N2O/c1-16-8-9-17(2)14(12-16)11-15(18)10-13-6-4-3-5-7-13/h13-14H,3-12H2,1-2H3. The summed E-state index contributed by atoms with van der Waals surface area (Å²) in [4.78, 5) is 16.9. The first-order chi connectivity index (χ1) is 8.65. The molecule has 0 aromatic carbocycles. The highest BCUT2D eigenvalue weighted by Gasteiger charge is 2.25. The van der Waals surface area contributed by atoms with E-state index < -0.39 is 0 Å². The first kappa shape index (κ1) is 14.0. The van der Waals surface area contributed by atoms with Crippen LogP contribution in [0.1, 0.15) is 44.9 Å². The van der Waals surface area contributed by atoms with Crippen LogP contribution in [0.3, 0.4) is 0 Å². The van der Waals surface area contributed by atoms with Gasteiger partial charge in [-0.3, -0.25) is 4.79 Å². The molecule has 0 radical (unpaired) electrons. The highest BCUT2D eigenvalue weighted by molar-refractivity contribution is 5.79. The molecule has 0 spiro atoms. The maximum absolute atomic E-state index is 12.2. The molecule has 1 atom stereocenters. The lowest BCUT2D eigenvalue weighted by atomic mass is 9.85. The SMILES string of the molecule is CN1CCN(C)C(CC(=O)CC2CCCCC2)C1. The quantitative estimate of drug-likeness (QED) is 0.766. The van der Waals surface area contributed by atoms with E-state index in [0.29, 0.717) is 17.7 Å². The molecule has 0 N–H and O–H groups in total. The molecule has 1 aliphatic heterocycles. The van der Waals surface area contributed by atoms with E-state index in [1.807, 2.05) is 0 Å². The molecule has 1 heterocycles. The van der Waals surface area contributed by atoms with Crippen LogP contribution in [0.15, 0.2) is 0 Å². The second-order valence-electron chi connectivity index (χ2n) is 6.35. The number of likely N-dealkylation sites (N-methyl/N-ethyl adjacent to an activating group) is 2. The maximum atomic E-state index is 12.2. The lowest BCUT2D eigenvalue weighted by Crippen LogP contribution is -2.50. The molecule has 0 amide bonds. The summed E-state index contributed by atoms with van der Waals surface area (Å²) < 4.78 is 0. The number of piperazine rings is 1. The number of carbonyl (C=O) groups excluding carboxylic acids is 1. The van der Waals surface area contributed by atoms with Gasteiger partial charge in [0.05, 0.1) is 0 Å². The first-order valence-electron chi connectivity index (χ1n) is 7.55. The molecule has 0 aromatic rings. The molecule has 2 rings (SSSR count). The van der Waals surface area contributed by atoms with E-state index in [-0.39, 0.29) is 0 Å². The summed E-state index contributed by atoms with van der Waals surface area (Å²) in [5.74, 6) is 1.19. The fourth-order valence-electron chi connectivity index (χ4n) is 3.38. The number of carbonyl (C=O) groups is 1. The first-order valence-corrected chi connectivity index (χ1v) is 7.55. The molecule has 3 nitrogen and oxygen atoms in total. The summed E-state index contributed by atoms with van der Waals surface area (Å²) in [6.07, 6.45) is 8.22. The zero-order valence-corrected chi connectivity index (χ0v) is 12.0. The summed E-state index contributed by atoms with van der Waals surface area (Å²) in [5.41, 5.74) is 0. The van der Waals surface area contributed by atoms with E-state index in [9.17, 15) is 4.79 Å². The number of ketones is 1. The molecule has 18 heavy (non-hydrogen) atoms. The molecule has 1 saturated carbocycles.